The monoisotopic (exact) mass is 420 g/mol. The lowest BCUT2D eigenvalue weighted by Crippen LogP contribution is -2.63. The number of amides is 1. The largest absolute Gasteiger partial charge is 0.494 e. The molecule has 2 aliphatic rings. The van der Waals surface area contributed by atoms with Crippen molar-refractivity contribution in [1.82, 2.24) is 4.90 Å². The number of carbonyl (C=O) groups is 1. The predicted molar refractivity (Wildman–Crippen MR) is 126 cm³/mol. The second-order valence-electron chi connectivity index (χ2n) is 9.30. The molecule has 1 saturated heterocycles. The minimum atomic E-state index is -0.430. The number of benzene rings is 2. The van der Waals surface area contributed by atoms with E-state index in [0.717, 1.165) is 42.3 Å². The fourth-order valence-electron chi connectivity index (χ4n) is 4.30. The first kappa shape index (κ1) is 21.2. The Morgan fingerprint density at radius 3 is 2.52 bits per heavy atom. The number of fused-ring (bicyclic) bond motifs is 1. The molecule has 164 valence electrons. The third kappa shape index (κ3) is 4.53. The van der Waals surface area contributed by atoms with Gasteiger partial charge in [0.1, 0.15) is 17.1 Å². The lowest BCUT2D eigenvalue weighted by atomic mass is 9.84. The number of nitrogens with zero attached hydrogens (tertiary/aromatic N) is 2. The molecule has 2 aromatic carbocycles. The maximum Gasteiger partial charge on any atom is 0.253 e. The van der Waals surface area contributed by atoms with Crippen LogP contribution in [0.4, 0.5) is 11.4 Å². The van der Waals surface area contributed by atoms with Gasteiger partial charge < -0.3 is 20.3 Å². The van der Waals surface area contributed by atoms with Crippen LogP contribution in [0.1, 0.15) is 50.9 Å². The van der Waals surface area contributed by atoms with E-state index in [1.165, 1.54) is 0 Å². The van der Waals surface area contributed by atoms with Crippen molar-refractivity contribution >= 4 is 23.1 Å². The van der Waals surface area contributed by atoms with Crippen LogP contribution in [-0.2, 0) is 0 Å². The highest BCUT2D eigenvalue weighted by Crippen LogP contribution is 2.37. The Balaban J connectivity index is 1.64. The van der Waals surface area contributed by atoms with Crippen molar-refractivity contribution in [3.63, 3.8) is 0 Å². The number of piperidine rings is 1. The Morgan fingerprint density at radius 2 is 1.84 bits per heavy atom. The zero-order valence-electron chi connectivity index (χ0n) is 18.9. The fraction of sp³-hybridized carbons (Fsp3) is 0.440. The number of carbonyl (C=O) groups excluding carboxylic acids is 1. The number of nitrogens with one attached hydrogen (secondary N) is 2. The number of hydrogen-bond acceptors (Lipinski definition) is 4. The Morgan fingerprint density at radius 1 is 1.13 bits per heavy atom. The van der Waals surface area contributed by atoms with Gasteiger partial charge in [-0.2, -0.15) is 0 Å². The Labute approximate surface area is 184 Å². The first-order valence-electron chi connectivity index (χ1n) is 11.1. The second-order valence-corrected chi connectivity index (χ2v) is 9.30. The average molecular weight is 421 g/mol. The first-order valence-corrected chi connectivity index (χ1v) is 11.1. The molecule has 0 saturated carbocycles. The normalized spacial score (nSPS) is 21.9. The van der Waals surface area contributed by atoms with Gasteiger partial charge >= 0.3 is 0 Å². The van der Waals surface area contributed by atoms with Crippen LogP contribution in [0.3, 0.4) is 0 Å². The molecule has 1 amide bonds. The van der Waals surface area contributed by atoms with Crippen LogP contribution in [0.2, 0.25) is 0 Å². The third-order valence-corrected chi connectivity index (χ3v) is 5.65. The van der Waals surface area contributed by atoms with E-state index in [0.29, 0.717) is 18.7 Å². The molecule has 1 unspecified atom stereocenters. The summed E-state index contributed by atoms with van der Waals surface area (Å²) in [7, 11) is 0. The summed E-state index contributed by atoms with van der Waals surface area (Å²) in [5, 5.41) is 7.31. The maximum absolute atomic E-state index is 13.3. The molecule has 2 aliphatic heterocycles. The molecule has 0 aromatic heterocycles. The highest BCUT2D eigenvalue weighted by atomic mass is 16.5. The van der Waals surface area contributed by atoms with E-state index in [4.69, 9.17) is 9.73 Å². The molecule has 6 nitrogen and oxygen atoms in total. The lowest BCUT2D eigenvalue weighted by molar-refractivity contribution is 0.0694. The SMILES string of the molecule is CCOc1ccc(C(=O)N2CCCC3(C2)Nc2ccccc2NC3=NC(C)(C)C)cc1. The van der Waals surface area contributed by atoms with Gasteiger partial charge in [0.05, 0.1) is 30.1 Å². The molecule has 1 fully saturated rings. The van der Waals surface area contributed by atoms with E-state index < -0.39 is 5.54 Å². The van der Waals surface area contributed by atoms with E-state index >= 15 is 0 Å². The molecule has 31 heavy (non-hydrogen) atoms. The quantitative estimate of drug-likeness (QED) is 0.749. The number of likely N-dealkylation sites (tertiary alicyclic amines) is 1. The molecule has 6 heteroatoms. The van der Waals surface area contributed by atoms with Crippen LogP contribution in [0.25, 0.3) is 0 Å². The zero-order chi connectivity index (χ0) is 22.1. The minimum absolute atomic E-state index is 0.0397. The van der Waals surface area contributed by atoms with E-state index in [-0.39, 0.29) is 11.4 Å². The first-order chi connectivity index (χ1) is 14.8. The van der Waals surface area contributed by atoms with Crippen LogP contribution in [0.15, 0.2) is 53.5 Å². The number of ether oxygens (including phenoxy) is 1. The van der Waals surface area contributed by atoms with Crippen molar-refractivity contribution in [3.05, 3.63) is 54.1 Å². The number of amidine groups is 1. The highest BCUT2D eigenvalue weighted by molar-refractivity contribution is 6.10. The molecule has 4 rings (SSSR count). The number of para-hydroxylation sites is 2. The van der Waals surface area contributed by atoms with Gasteiger partial charge in [-0.25, -0.2) is 0 Å². The topological polar surface area (TPSA) is 66.0 Å². The third-order valence-electron chi connectivity index (χ3n) is 5.65. The maximum atomic E-state index is 13.3. The number of hydrogen-bond donors (Lipinski definition) is 2. The van der Waals surface area contributed by atoms with Crippen molar-refractivity contribution in [3.8, 4) is 5.75 Å². The highest BCUT2D eigenvalue weighted by Gasteiger charge is 2.45. The molecule has 0 bridgehead atoms. The van der Waals surface area contributed by atoms with E-state index in [1.807, 2.05) is 48.2 Å². The summed E-state index contributed by atoms with van der Waals surface area (Å²) in [5.74, 6) is 1.73. The van der Waals surface area contributed by atoms with Crippen molar-refractivity contribution in [2.75, 3.05) is 30.3 Å². The van der Waals surface area contributed by atoms with E-state index in [1.54, 1.807) is 0 Å². The van der Waals surface area contributed by atoms with Crippen LogP contribution in [0.5, 0.6) is 5.75 Å². The number of rotatable bonds is 3. The van der Waals surface area contributed by atoms with Gasteiger partial charge in [-0.15, -0.1) is 0 Å². The van der Waals surface area contributed by atoms with Crippen molar-refractivity contribution in [2.45, 2.75) is 51.6 Å². The molecule has 0 radical (unpaired) electrons. The summed E-state index contributed by atoms with van der Waals surface area (Å²) in [5.41, 5.74) is 2.08. The summed E-state index contributed by atoms with van der Waals surface area (Å²) in [6.07, 6.45) is 1.82. The Bertz CT molecular complexity index is 978. The van der Waals surface area contributed by atoms with Gasteiger partial charge in [0.25, 0.3) is 5.91 Å². The van der Waals surface area contributed by atoms with Crippen LogP contribution >= 0.6 is 0 Å². The van der Waals surface area contributed by atoms with Gasteiger partial charge in [0, 0.05) is 12.1 Å². The fourth-order valence-corrected chi connectivity index (χ4v) is 4.30. The molecular formula is C25H32N4O2. The standard InChI is InChI=1S/C25H32N4O2/c1-5-31-19-13-11-18(12-14-19)22(30)29-16-8-15-25(17-29)23(28-24(2,3)4)26-20-9-6-7-10-21(20)27-25/h6-7,9-14,27H,5,8,15-17H2,1-4H3,(H,26,28). The van der Waals surface area contributed by atoms with Crippen molar-refractivity contribution < 1.29 is 9.53 Å². The van der Waals surface area contributed by atoms with Crippen molar-refractivity contribution in [1.29, 1.82) is 0 Å². The minimum Gasteiger partial charge on any atom is -0.494 e. The van der Waals surface area contributed by atoms with Gasteiger partial charge in [-0.3, -0.25) is 9.79 Å². The lowest BCUT2D eigenvalue weighted by Gasteiger charge is -2.48. The van der Waals surface area contributed by atoms with Crippen LogP contribution < -0.4 is 15.4 Å². The predicted octanol–water partition coefficient (Wildman–Crippen LogP) is 4.79. The summed E-state index contributed by atoms with van der Waals surface area (Å²) >= 11 is 0. The Kier molecular flexibility index (Phi) is 5.65. The average Bonchev–Trinajstić information content (AvgIpc) is 2.74. The smallest absolute Gasteiger partial charge is 0.253 e. The molecule has 2 N–H and O–H groups in total. The van der Waals surface area contributed by atoms with Crippen LogP contribution in [-0.4, -0.2) is 47.4 Å². The Hall–Kier alpha value is -3.02. The number of anilines is 2. The number of aliphatic imine (C=N–C) groups is 1. The molecule has 2 aromatic rings. The van der Waals surface area contributed by atoms with Gasteiger partial charge in [0.15, 0.2) is 0 Å². The summed E-state index contributed by atoms with van der Waals surface area (Å²) < 4.78 is 5.51. The van der Waals surface area contributed by atoms with Gasteiger partial charge in [-0.1, -0.05) is 12.1 Å². The summed E-state index contributed by atoms with van der Waals surface area (Å²) in [6.45, 7) is 10.2. The summed E-state index contributed by atoms with van der Waals surface area (Å²) in [4.78, 5) is 20.3. The molecular weight excluding hydrogens is 388 g/mol. The summed E-state index contributed by atoms with van der Waals surface area (Å²) in [6, 6.07) is 15.6. The van der Waals surface area contributed by atoms with Gasteiger partial charge in [0.2, 0.25) is 0 Å². The van der Waals surface area contributed by atoms with E-state index in [9.17, 15) is 4.79 Å². The second kappa shape index (κ2) is 8.25. The zero-order valence-corrected chi connectivity index (χ0v) is 18.9. The van der Waals surface area contributed by atoms with Crippen molar-refractivity contribution in [2.24, 2.45) is 4.99 Å². The molecule has 1 spiro atoms. The molecule has 0 aliphatic carbocycles. The van der Waals surface area contributed by atoms with E-state index in [2.05, 4.69) is 43.5 Å². The molecule has 2 heterocycles. The van der Waals surface area contributed by atoms with Gasteiger partial charge in [-0.05, 0) is 76.9 Å². The van der Waals surface area contributed by atoms with Crippen LogP contribution in [0, 0.1) is 0 Å². The molecule has 1 atom stereocenters.